The van der Waals surface area contributed by atoms with Gasteiger partial charge in [-0.2, -0.15) is 0 Å². The molecule has 1 aliphatic heterocycles. The highest BCUT2D eigenvalue weighted by molar-refractivity contribution is 14.0. The van der Waals surface area contributed by atoms with Gasteiger partial charge in [0.25, 0.3) is 0 Å². The third kappa shape index (κ3) is 6.97. The summed E-state index contributed by atoms with van der Waals surface area (Å²) >= 11 is 0. The molecule has 1 saturated heterocycles. The molecule has 1 aromatic heterocycles. The number of halogens is 1. The number of aliphatic imine (C=N–C) groups is 1. The fraction of sp³-hybridized carbons (Fsp3) is 0.565. The summed E-state index contributed by atoms with van der Waals surface area (Å²) in [7, 11) is 2.08. The predicted octanol–water partition coefficient (Wildman–Crippen LogP) is 4.21. The molecule has 1 aromatic carbocycles. The number of H-pyrrole nitrogens is 1. The molecule has 0 amide bonds. The molecule has 2 heterocycles. The van der Waals surface area contributed by atoms with Crippen molar-refractivity contribution in [2.24, 2.45) is 10.9 Å². The highest BCUT2D eigenvalue weighted by Gasteiger charge is 2.21. The first-order valence-electron chi connectivity index (χ1n) is 10.9. The van der Waals surface area contributed by atoms with Crippen LogP contribution in [0.2, 0.25) is 0 Å². The van der Waals surface area contributed by atoms with Gasteiger partial charge in [0.15, 0.2) is 5.96 Å². The Morgan fingerprint density at radius 2 is 2.10 bits per heavy atom. The van der Waals surface area contributed by atoms with Crippen LogP contribution in [0, 0.1) is 5.92 Å². The van der Waals surface area contributed by atoms with Crippen molar-refractivity contribution in [1.82, 2.24) is 25.1 Å². The van der Waals surface area contributed by atoms with E-state index in [2.05, 4.69) is 65.0 Å². The van der Waals surface area contributed by atoms with Gasteiger partial charge in [0.2, 0.25) is 0 Å². The van der Waals surface area contributed by atoms with Gasteiger partial charge >= 0.3 is 0 Å². The van der Waals surface area contributed by atoms with Crippen LogP contribution in [0.3, 0.4) is 0 Å². The minimum absolute atomic E-state index is 0. The van der Waals surface area contributed by atoms with E-state index < -0.39 is 0 Å². The molecule has 6 nitrogen and oxygen atoms in total. The largest absolute Gasteiger partial charge is 0.357 e. The number of nitrogens with zero attached hydrogens (tertiary/aromatic N) is 4. The van der Waals surface area contributed by atoms with Gasteiger partial charge < -0.3 is 20.1 Å². The van der Waals surface area contributed by atoms with Gasteiger partial charge in [-0.25, -0.2) is 4.98 Å². The average molecular weight is 524 g/mol. The first-order valence-corrected chi connectivity index (χ1v) is 10.9. The van der Waals surface area contributed by atoms with E-state index in [0.29, 0.717) is 18.5 Å². The number of rotatable bonds is 7. The molecule has 1 fully saturated rings. The maximum absolute atomic E-state index is 4.96. The molecular weight excluding hydrogens is 487 g/mol. The number of nitrogens with one attached hydrogen (secondary N) is 2. The van der Waals surface area contributed by atoms with Crippen molar-refractivity contribution in [2.75, 3.05) is 33.2 Å². The van der Waals surface area contributed by atoms with E-state index in [4.69, 9.17) is 4.99 Å². The van der Waals surface area contributed by atoms with E-state index in [0.717, 1.165) is 42.7 Å². The van der Waals surface area contributed by atoms with E-state index in [1.54, 1.807) is 0 Å². The van der Waals surface area contributed by atoms with Crippen molar-refractivity contribution in [1.29, 1.82) is 0 Å². The van der Waals surface area contributed by atoms with Crippen LogP contribution in [0.25, 0.3) is 11.3 Å². The second kappa shape index (κ2) is 12.3. The summed E-state index contributed by atoms with van der Waals surface area (Å²) in [6.07, 6.45) is 4.46. The Kier molecular flexibility index (Phi) is 10.1. The fourth-order valence-electron chi connectivity index (χ4n) is 3.91. The number of likely N-dealkylation sites (tertiary alicyclic amines) is 1. The lowest BCUT2D eigenvalue weighted by Crippen LogP contribution is -2.42. The van der Waals surface area contributed by atoms with Crippen LogP contribution in [0.1, 0.15) is 39.4 Å². The number of aromatic amines is 1. The van der Waals surface area contributed by atoms with E-state index in [1.165, 1.54) is 19.4 Å². The van der Waals surface area contributed by atoms with Crippen molar-refractivity contribution in [3.05, 3.63) is 42.4 Å². The van der Waals surface area contributed by atoms with E-state index in [-0.39, 0.29) is 24.0 Å². The van der Waals surface area contributed by atoms with E-state index >= 15 is 0 Å². The van der Waals surface area contributed by atoms with Crippen molar-refractivity contribution in [2.45, 2.75) is 46.2 Å². The molecule has 1 aliphatic rings. The minimum Gasteiger partial charge on any atom is -0.357 e. The van der Waals surface area contributed by atoms with Crippen LogP contribution < -0.4 is 5.32 Å². The fourth-order valence-corrected chi connectivity index (χ4v) is 3.91. The zero-order valence-electron chi connectivity index (χ0n) is 18.8. The van der Waals surface area contributed by atoms with Gasteiger partial charge in [0.1, 0.15) is 5.82 Å². The van der Waals surface area contributed by atoms with Crippen molar-refractivity contribution < 1.29 is 0 Å². The number of benzene rings is 1. The topological polar surface area (TPSA) is 59.6 Å². The van der Waals surface area contributed by atoms with Crippen LogP contribution in [-0.2, 0) is 6.54 Å². The molecule has 0 saturated carbocycles. The smallest absolute Gasteiger partial charge is 0.194 e. The zero-order chi connectivity index (χ0) is 20.6. The molecule has 0 bridgehead atoms. The summed E-state index contributed by atoms with van der Waals surface area (Å²) in [5.41, 5.74) is 2.20. The Labute approximate surface area is 198 Å². The minimum atomic E-state index is 0. The molecule has 2 N–H and O–H groups in total. The zero-order valence-corrected chi connectivity index (χ0v) is 21.1. The summed E-state index contributed by atoms with van der Waals surface area (Å²) in [5, 5.41) is 3.44. The maximum Gasteiger partial charge on any atom is 0.194 e. The summed E-state index contributed by atoms with van der Waals surface area (Å²) in [4.78, 5) is 17.7. The Bertz CT molecular complexity index is 773. The molecule has 1 unspecified atom stereocenters. The van der Waals surface area contributed by atoms with Crippen LogP contribution in [0.5, 0.6) is 0 Å². The number of imidazole rings is 1. The number of piperidine rings is 1. The highest BCUT2D eigenvalue weighted by atomic mass is 127. The molecule has 0 radical (unpaired) electrons. The molecule has 0 aliphatic carbocycles. The Morgan fingerprint density at radius 1 is 1.33 bits per heavy atom. The lowest BCUT2D eigenvalue weighted by Gasteiger charge is -2.35. The molecule has 2 aromatic rings. The number of hydrogen-bond donors (Lipinski definition) is 2. The van der Waals surface area contributed by atoms with Crippen LogP contribution in [-0.4, -0.2) is 65.0 Å². The third-order valence-electron chi connectivity index (χ3n) is 5.58. The van der Waals surface area contributed by atoms with Crippen LogP contribution >= 0.6 is 24.0 Å². The van der Waals surface area contributed by atoms with E-state index in [1.807, 2.05) is 24.4 Å². The molecule has 166 valence electrons. The van der Waals surface area contributed by atoms with Gasteiger partial charge in [-0.05, 0) is 51.6 Å². The predicted molar refractivity (Wildman–Crippen MR) is 136 cm³/mol. The molecule has 7 heteroatoms. The van der Waals surface area contributed by atoms with Crippen LogP contribution in [0.4, 0.5) is 0 Å². The van der Waals surface area contributed by atoms with Gasteiger partial charge in [-0.1, -0.05) is 30.3 Å². The van der Waals surface area contributed by atoms with E-state index in [9.17, 15) is 0 Å². The Hall–Kier alpha value is -1.61. The highest BCUT2D eigenvalue weighted by Crippen LogP contribution is 2.19. The molecular formula is C23H37IN6. The summed E-state index contributed by atoms with van der Waals surface area (Å²) in [6, 6.07) is 10.9. The summed E-state index contributed by atoms with van der Waals surface area (Å²) < 4.78 is 0. The second-order valence-electron chi connectivity index (χ2n) is 8.26. The molecule has 1 atom stereocenters. The first kappa shape index (κ1) is 24.7. The lowest BCUT2D eigenvalue weighted by molar-refractivity contribution is 0.143. The van der Waals surface area contributed by atoms with Gasteiger partial charge in [-0.3, -0.25) is 4.99 Å². The quantitative estimate of drug-likeness (QED) is 0.324. The third-order valence-corrected chi connectivity index (χ3v) is 5.58. The summed E-state index contributed by atoms with van der Waals surface area (Å²) in [5.74, 6) is 2.54. The molecule has 3 rings (SSSR count). The average Bonchev–Trinajstić information content (AvgIpc) is 3.20. The number of hydrogen-bond acceptors (Lipinski definition) is 3. The van der Waals surface area contributed by atoms with Crippen molar-refractivity contribution >= 4 is 29.9 Å². The van der Waals surface area contributed by atoms with Crippen molar-refractivity contribution in [3.63, 3.8) is 0 Å². The number of aromatic nitrogens is 2. The maximum atomic E-state index is 4.96. The van der Waals surface area contributed by atoms with Gasteiger partial charge in [-0.15, -0.1) is 24.0 Å². The Morgan fingerprint density at radius 3 is 2.80 bits per heavy atom. The standard InChI is InChI=1S/C23H36N6.HI/c1-5-24-23(26-14-19-10-9-13-29(16-19)18(2)3)28(4)17-22-25-15-21(27-22)20-11-7-6-8-12-20;/h6-8,11-12,15,18-19H,5,9-10,13-14,16-17H2,1-4H3,(H,24,26)(H,25,27);1H. The Balaban J connectivity index is 0.00000320. The van der Waals surface area contributed by atoms with Gasteiger partial charge in [0.05, 0.1) is 18.4 Å². The SMILES string of the molecule is CCNC(=NCC1CCCN(C(C)C)C1)N(C)Cc1ncc(-c2ccccc2)[nH]1.I. The lowest BCUT2D eigenvalue weighted by atomic mass is 9.97. The molecule has 30 heavy (non-hydrogen) atoms. The van der Waals surface area contributed by atoms with Crippen molar-refractivity contribution in [3.8, 4) is 11.3 Å². The molecule has 0 spiro atoms. The van der Waals surface area contributed by atoms with Crippen LogP contribution in [0.15, 0.2) is 41.5 Å². The second-order valence-corrected chi connectivity index (χ2v) is 8.26. The van der Waals surface area contributed by atoms with Gasteiger partial charge in [0, 0.05) is 32.7 Å². The monoisotopic (exact) mass is 524 g/mol. The first-order chi connectivity index (χ1) is 14.1. The summed E-state index contributed by atoms with van der Waals surface area (Å²) in [6.45, 7) is 11.5. The normalized spacial score (nSPS) is 17.6. The number of guanidine groups is 1.